The van der Waals surface area contributed by atoms with Gasteiger partial charge in [-0.05, 0) is 91.3 Å². The Balaban J connectivity index is 0.971. The van der Waals surface area contributed by atoms with Crippen molar-refractivity contribution in [2.24, 2.45) is 7.05 Å². The first-order valence-corrected chi connectivity index (χ1v) is 19.1. The quantitative estimate of drug-likeness (QED) is 0.104. The SMILES string of the molecule is CCCC(CC)N(C(=O)NCc1ccc(OCCCCOc2cccc3c2C(=O)N(C2CCC(=O)NC2=O)C3=O)cc1)c1ccc(-c2ccc(=O)n(C)c2)cc1. The van der Waals surface area contributed by atoms with Crippen LogP contribution in [0.4, 0.5) is 10.5 Å². The summed E-state index contributed by atoms with van der Waals surface area (Å²) in [5.41, 5.74) is 3.83. The van der Waals surface area contributed by atoms with Gasteiger partial charge >= 0.3 is 6.03 Å². The second-order valence-corrected chi connectivity index (χ2v) is 14.0. The Kier molecular flexibility index (Phi) is 12.6. The Morgan fingerprint density at radius 1 is 0.875 bits per heavy atom. The van der Waals surface area contributed by atoms with E-state index in [1.54, 1.807) is 42.1 Å². The van der Waals surface area contributed by atoms with Gasteiger partial charge in [0.15, 0.2) is 0 Å². The maximum Gasteiger partial charge on any atom is 0.322 e. The number of nitrogens with one attached hydrogen (secondary N) is 2. The first-order valence-electron chi connectivity index (χ1n) is 19.1. The van der Waals surface area contributed by atoms with E-state index in [1.807, 2.05) is 53.4 Å². The van der Waals surface area contributed by atoms with E-state index < -0.39 is 29.7 Å². The average molecular weight is 762 g/mol. The lowest BCUT2D eigenvalue weighted by molar-refractivity contribution is -0.136. The Hall–Kier alpha value is -6.24. The monoisotopic (exact) mass is 761 g/mol. The standard InChI is InChI=1S/C43H47N5O8/c1-4-9-31(5-2)47(32-17-14-29(15-18-32)30-16-23-38(50)46(3)27-30)43(54)44-26-28-12-19-33(20-13-28)55-24-6-7-25-56-36-11-8-10-34-39(36)42(53)48(41(34)52)35-21-22-37(49)45-40(35)51/h8,10-20,23,27,31,35H,4-7,9,21-22,24-26H2,1-3H3,(H,44,54)(H,45,49,51). The number of hydrogen-bond donors (Lipinski definition) is 2. The van der Waals surface area contributed by atoms with E-state index in [4.69, 9.17) is 9.47 Å². The maximum absolute atomic E-state index is 13.7. The summed E-state index contributed by atoms with van der Waals surface area (Å²) in [6.45, 7) is 5.26. The number of unbranched alkanes of at least 4 members (excludes halogenated alkanes) is 1. The Morgan fingerprint density at radius 3 is 2.27 bits per heavy atom. The second-order valence-electron chi connectivity index (χ2n) is 14.0. The van der Waals surface area contributed by atoms with Crippen molar-refractivity contribution >= 4 is 35.3 Å². The third kappa shape index (κ3) is 8.83. The van der Waals surface area contributed by atoms with Gasteiger partial charge in [0.1, 0.15) is 17.5 Å². The highest BCUT2D eigenvalue weighted by atomic mass is 16.5. The highest BCUT2D eigenvalue weighted by Gasteiger charge is 2.46. The zero-order valence-electron chi connectivity index (χ0n) is 31.9. The summed E-state index contributed by atoms with van der Waals surface area (Å²) in [4.78, 5) is 78.6. The van der Waals surface area contributed by atoms with E-state index >= 15 is 0 Å². The number of nitrogens with zero attached hydrogens (tertiary/aromatic N) is 3. The predicted molar refractivity (Wildman–Crippen MR) is 211 cm³/mol. The molecule has 6 rings (SSSR count). The second kappa shape index (κ2) is 17.9. The number of piperidine rings is 1. The van der Waals surface area contributed by atoms with Crippen molar-refractivity contribution in [2.75, 3.05) is 18.1 Å². The number of ether oxygens (including phenoxy) is 2. The van der Waals surface area contributed by atoms with Gasteiger partial charge in [0.2, 0.25) is 17.4 Å². The number of carbonyl (C=O) groups is 5. The van der Waals surface area contributed by atoms with Gasteiger partial charge in [-0.2, -0.15) is 0 Å². The van der Waals surface area contributed by atoms with E-state index in [0.717, 1.165) is 46.5 Å². The van der Waals surface area contributed by atoms with Crippen molar-refractivity contribution in [2.45, 2.75) is 77.4 Å². The van der Waals surface area contributed by atoms with Crippen molar-refractivity contribution in [1.29, 1.82) is 0 Å². The van der Waals surface area contributed by atoms with Crippen LogP contribution in [-0.2, 0) is 23.2 Å². The minimum Gasteiger partial charge on any atom is -0.494 e. The highest BCUT2D eigenvalue weighted by molar-refractivity contribution is 6.24. The van der Waals surface area contributed by atoms with Gasteiger partial charge in [0.25, 0.3) is 11.8 Å². The van der Waals surface area contributed by atoms with Gasteiger partial charge in [0, 0.05) is 44.0 Å². The summed E-state index contributed by atoms with van der Waals surface area (Å²) in [5.74, 6) is -1.31. The van der Waals surface area contributed by atoms with Crippen LogP contribution in [0, 0.1) is 0 Å². The molecule has 13 nitrogen and oxygen atoms in total. The number of benzene rings is 3. The number of pyridine rings is 1. The number of aryl methyl sites for hydroxylation is 1. The van der Waals surface area contributed by atoms with Crippen molar-refractivity contribution in [3.05, 3.63) is 112 Å². The lowest BCUT2D eigenvalue weighted by atomic mass is 10.0. The van der Waals surface area contributed by atoms with Gasteiger partial charge in [-0.1, -0.05) is 50.6 Å². The molecule has 292 valence electrons. The van der Waals surface area contributed by atoms with Crippen LogP contribution in [0.3, 0.4) is 0 Å². The van der Waals surface area contributed by atoms with Crippen molar-refractivity contribution in [1.82, 2.24) is 20.1 Å². The van der Waals surface area contributed by atoms with E-state index in [0.29, 0.717) is 31.7 Å². The first kappa shape index (κ1) is 39.5. The van der Waals surface area contributed by atoms with E-state index in [-0.39, 0.29) is 54.0 Å². The summed E-state index contributed by atoms with van der Waals surface area (Å²) in [6, 6.07) is 22.4. The number of fused-ring (bicyclic) bond motifs is 1. The van der Waals surface area contributed by atoms with Crippen LogP contribution in [0.2, 0.25) is 0 Å². The van der Waals surface area contributed by atoms with Crippen LogP contribution in [-0.4, -0.2) is 64.4 Å². The number of urea groups is 1. The summed E-state index contributed by atoms with van der Waals surface area (Å²) in [7, 11) is 1.72. The number of anilines is 1. The molecule has 2 aliphatic rings. The molecule has 3 aromatic carbocycles. The van der Waals surface area contributed by atoms with Gasteiger partial charge in [-0.3, -0.25) is 39.1 Å². The van der Waals surface area contributed by atoms with Gasteiger partial charge < -0.3 is 19.4 Å². The Bertz CT molecular complexity index is 2150. The minimum atomic E-state index is -1.04. The first-order chi connectivity index (χ1) is 27.1. The molecule has 2 atom stereocenters. The molecule has 3 heterocycles. The number of rotatable bonds is 16. The van der Waals surface area contributed by atoms with Crippen LogP contribution < -0.4 is 30.6 Å². The summed E-state index contributed by atoms with van der Waals surface area (Å²) in [5, 5.41) is 5.30. The Labute approximate surface area is 325 Å². The number of carbonyl (C=O) groups excluding carboxylic acids is 5. The lowest BCUT2D eigenvalue weighted by Gasteiger charge is -2.31. The third-order valence-corrected chi connectivity index (χ3v) is 10.1. The van der Waals surface area contributed by atoms with Crippen molar-refractivity contribution in [3.8, 4) is 22.6 Å². The van der Waals surface area contributed by atoms with Crippen LogP contribution in [0.15, 0.2) is 89.9 Å². The van der Waals surface area contributed by atoms with Crippen LogP contribution in [0.25, 0.3) is 11.1 Å². The maximum atomic E-state index is 13.7. The predicted octanol–water partition coefficient (Wildman–Crippen LogP) is 5.99. The van der Waals surface area contributed by atoms with Gasteiger partial charge in [-0.15, -0.1) is 0 Å². The van der Waals surface area contributed by atoms with E-state index in [1.165, 1.54) is 6.07 Å². The third-order valence-electron chi connectivity index (χ3n) is 10.1. The molecule has 0 radical (unpaired) electrons. The number of imide groups is 2. The van der Waals surface area contributed by atoms with Crippen molar-refractivity contribution < 1.29 is 33.4 Å². The molecule has 4 aromatic rings. The Morgan fingerprint density at radius 2 is 1.59 bits per heavy atom. The molecule has 1 fully saturated rings. The van der Waals surface area contributed by atoms with E-state index in [2.05, 4.69) is 24.5 Å². The van der Waals surface area contributed by atoms with Gasteiger partial charge in [-0.25, -0.2) is 4.79 Å². The topological polar surface area (TPSA) is 156 Å². The van der Waals surface area contributed by atoms with Crippen LogP contribution in [0.1, 0.15) is 85.1 Å². The zero-order valence-corrected chi connectivity index (χ0v) is 31.9. The zero-order chi connectivity index (χ0) is 39.8. The molecule has 6 amide bonds. The van der Waals surface area contributed by atoms with Crippen LogP contribution >= 0.6 is 0 Å². The molecule has 2 unspecified atom stereocenters. The molecule has 0 aliphatic carbocycles. The van der Waals surface area contributed by atoms with Gasteiger partial charge in [0.05, 0.1) is 24.3 Å². The molecule has 0 bridgehead atoms. The normalized spacial score (nSPS) is 15.6. The summed E-state index contributed by atoms with van der Waals surface area (Å²) >= 11 is 0. The average Bonchev–Trinajstić information content (AvgIpc) is 3.45. The fraction of sp³-hybridized carbons (Fsp3) is 0.349. The molecule has 13 heteroatoms. The largest absolute Gasteiger partial charge is 0.494 e. The summed E-state index contributed by atoms with van der Waals surface area (Å²) in [6.07, 6.45) is 5.84. The fourth-order valence-corrected chi connectivity index (χ4v) is 7.07. The van der Waals surface area contributed by atoms with Crippen molar-refractivity contribution in [3.63, 3.8) is 0 Å². The molecule has 56 heavy (non-hydrogen) atoms. The molecule has 0 saturated carbocycles. The highest BCUT2D eigenvalue weighted by Crippen LogP contribution is 2.34. The summed E-state index contributed by atoms with van der Waals surface area (Å²) < 4.78 is 13.4. The van der Waals surface area contributed by atoms with E-state index in [9.17, 15) is 28.8 Å². The molecule has 1 aromatic heterocycles. The fourth-order valence-electron chi connectivity index (χ4n) is 7.07. The molecular formula is C43H47N5O8. The molecule has 1 saturated heterocycles. The minimum absolute atomic E-state index is 0.0279. The number of amides is 6. The molecule has 0 spiro atoms. The smallest absolute Gasteiger partial charge is 0.322 e. The van der Waals surface area contributed by atoms with Crippen LogP contribution in [0.5, 0.6) is 11.5 Å². The number of hydrogen-bond acceptors (Lipinski definition) is 8. The lowest BCUT2D eigenvalue weighted by Crippen LogP contribution is -2.54. The molecular weight excluding hydrogens is 714 g/mol. The number of aromatic nitrogens is 1. The molecule has 2 N–H and O–H groups in total. The molecule has 2 aliphatic heterocycles.